The maximum Gasteiger partial charge on any atom is 0.0363 e. The Morgan fingerprint density at radius 3 is 3.00 bits per heavy atom. The van der Waals surface area contributed by atoms with Crippen molar-refractivity contribution in [2.24, 2.45) is 5.92 Å². The van der Waals surface area contributed by atoms with Gasteiger partial charge >= 0.3 is 0 Å². The molecule has 3 atom stereocenters. The Hall–Kier alpha value is -0.380. The third-order valence-corrected chi connectivity index (χ3v) is 6.77. The molecule has 0 radical (unpaired) electrons. The zero-order chi connectivity index (χ0) is 13.7. The van der Waals surface area contributed by atoms with Crippen LogP contribution in [0.1, 0.15) is 56.0 Å². The number of thiophene rings is 1. The summed E-state index contributed by atoms with van der Waals surface area (Å²) in [6, 6.07) is 3.74. The normalized spacial score (nSPS) is 38.7. The van der Waals surface area contributed by atoms with Gasteiger partial charge in [0.25, 0.3) is 0 Å². The first-order valence-electron chi connectivity index (χ1n) is 8.24. The summed E-state index contributed by atoms with van der Waals surface area (Å²) in [6.45, 7) is 7.25. The van der Waals surface area contributed by atoms with Gasteiger partial charge in [-0.2, -0.15) is 0 Å². The highest BCUT2D eigenvalue weighted by molar-refractivity contribution is 7.10. The van der Waals surface area contributed by atoms with Crippen LogP contribution in [-0.4, -0.2) is 29.6 Å². The molecule has 3 aliphatic rings. The van der Waals surface area contributed by atoms with Crippen molar-refractivity contribution in [3.05, 3.63) is 21.9 Å². The molecule has 110 valence electrons. The van der Waals surface area contributed by atoms with E-state index >= 15 is 0 Å². The summed E-state index contributed by atoms with van der Waals surface area (Å²) in [6.07, 6.45) is 6.90. The van der Waals surface area contributed by atoms with Gasteiger partial charge in [-0.05, 0) is 68.9 Å². The summed E-state index contributed by atoms with van der Waals surface area (Å²) in [5.41, 5.74) is 2.01. The SMILES string of the molecule is CC1CNC(C)(C2CC2)CN1C1CCCc2sccc21. The third kappa shape index (κ3) is 2.15. The summed E-state index contributed by atoms with van der Waals surface area (Å²) in [5, 5.41) is 6.16. The summed E-state index contributed by atoms with van der Waals surface area (Å²) in [4.78, 5) is 4.47. The molecule has 1 N–H and O–H groups in total. The van der Waals surface area contributed by atoms with Crippen molar-refractivity contribution in [2.45, 2.75) is 63.6 Å². The minimum Gasteiger partial charge on any atom is -0.308 e. The Kier molecular flexibility index (Phi) is 3.21. The minimum atomic E-state index is 0.361. The maximum atomic E-state index is 3.85. The summed E-state index contributed by atoms with van der Waals surface area (Å²) in [7, 11) is 0. The fourth-order valence-electron chi connectivity index (χ4n) is 4.31. The van der Waals surface area contributed by atoms with Crippen molar-refractivity contribution in [2.75, 3.05) is 13.1 Å². The first-order valence-corrected chi connectivity index (χ1v) is 9.12. The standard InChI is InChI=1S/C17H26N2S/c1-12-10-18-17(2,13-6-7-13)11-19(12)15-4-3-5-16-14(15)8-9-20-16/h8-9,12-13,15,18H,3-7,10-11H2,1-2H3. The fourth-order valence-corrected chi connectivity index (χ4v) is 5.29. The predicted molar refractivity (Wildman–Crippen MR) is 85.3 cm³/mol. The number of fused-ring (bicyclic) bond motifs is 1. The minimum absolute atomic E-state index is 0.361. The predicted octanol–water partition coefficient (Wildman–Crippen LogP) is 3.59. The van der Waals surface area contributed by atoms with Gasteiger partial charge in [-0.3, -0.25) is 4.90 Å². The molecular weight excluding hydrogens is 264 g/mol. The average molecular weight is 290 g/mol. The van der Waals surface area contributed by atoms with E-state index in [1.54, 1.807) is 10.4 Å². The van der Waals surface area contributed by atoms with Gasteiger partial charge in [0.1, 0.15) is 0 Å². The summed E-state index contributed by atoms with van der Waals surface area (Å²) in [5.74, 6) is 0.919. The Bertz CT molecular complexity index is 493. The van der Waals surface area contributed by atoms with Crippen LogP contribution in [0.5, 0.6) is 0 Å². The highest BCUT2D eigenvalue weighted by Gasteiger charge is 2.47. The Morgan fingerprint density at radius 2 is 2.20 bits per heavy atom. The molecule has 0 spiro atoms. The van der Waals surface area contributed by atoms with Crippen molar-refractivity contribution in [1.82, 2.24) is 10.2 Å². The van der Waals surface area contributed by atoms with Gasteiger partial charge in [0, 0.05) is 35.6 Å². The molecular formula is C17H26N2S. The molecule has 0 bridgehead atoms. The van der Waals surface area contributed by atoms with E-state index in [1.165, 1.54) is 38.6 Å². The van der Waals surface area contributed by atoms with E-state index < -0.39 is 0 Å². The van der Waals surface area contributed by atoms with E-state index in [0.29, 0.717) is 17.6 Å². The van der Waals surface area contributed by atoms with Gasteiger partial charge in [0.05, 0.1) is 0 Å². The fraction of sp³-hybridized carbons (Fsp3) is 0.765. The van der Waals surface area contributed by atoms with Crippen LogP contribution in [0.3, 0.4) is 0 Å². The monoisotopic (exact) mass is 290 g/mol. The van der Waals surface area contributed by atoms with Crippen molar-refractivity contribution in [3.8, 4) is 0 Å². The molecule has 2 aliphatic carbocycles. The molecule has 1 aromatic rings. The van der Waals surface area contributed by atoms with Gasteiger partial charge in [-0.15, -0.1) is 11.3 Å². The van der Waals surface area contributed by atoms with Crippen LogP contribution >= 0.6 is 11.3 Å². The van der Waals surface area contributed by atoms with Crippen LogP contribution in [0.15, 0.2) is 11.4 Å². The molecule has 0 aromatic carbocycles. The van der Waals surface area contributed by atoms with E-state index in [4.69, 9.17) is 0 Å². The number of hydrogen-bond acceptors (Lipinski definition) is 3. The molecule has 3 heteroatoms. The molecule has 1 saturated heterocycles. The molecule has 0 amide bonds. The summed E-state index contributed by atoms with van der Waals surface area (Å²) < 4.78 is 0. The number of piperazine rings is 1. The number of aryl methyl sites for hydroxylation is 1. The number of nitrogens with zero attached hydrogens (tertiary/aromatic N) is 1. The first kappa shape index (κ1) is 13.3. The first-order chi connectivity index (χ1) is 9.67. The van der Waals surface area contributed by atoms with E-state index in [0.717, 1.165) is 12.5 Å². The van der Waals surface area contributed by atoms with Crippen LogP contribution in [-0.2, 0) is 6.42 Å². The number of nitrogens with one attached hydrogen (secondary N) is 1. The second-order valence-corrected chi connectivity index (χ2v) is 8.30. The highest BCUT2D eigenvalue weighted by Crippen LogP contribution is 2.45. The Balaban J connectivity index is 1.61. The topological polar surface area (TPSA) is 15.3 Å². The zero-order valence-corrected chi connectivity index (χ0v) is 13.5. The zero-order valence-electron chi connectivity index (χ0n) is 12.7. The molecule has 2 fully saturated rings. The molecule has 2 heterocycles. The second kappa shape index (κ2) is 4.82. The number of hydrogen-bond donors (Lipinski definition) is 1. The lowest BCUT2D eigenvalue weighted by Crippen LogP contribution is -2.63. The van der Waals surface area contributed by atoms with E-state index in [2.05, 4.69) is 35.5 Å². The lowest BCUT2D eigenvalue weighted by molar-refractivity contribution is 0.0391. The van der Waals surface area contributed by atoms with Gasteiger partial charge < -0.3 is 5.32 Å². The summed E-state index contributed by atoms with van der Waals surface area (Å²) >= 11 is 1.97. The third-order valence-electron chi connectivity index (χ3n) is 5.78. The molecule has 20 heavy (non-hydrogen) atoms. The van der Waals surface area contributed by atoms with Gasteiger partial charge in [-0.25, -0.2) is 0 Å². The quantitative estimate of drug-likeness (QED) is 0.895. The molecule has 2 nitrogen and oxygen atoms in total. The lowest BCUT2D eigenvalue weighted by atomic mass is 9.86. The second-order valence-electron chi connectivity index (χ2n) is 7.30. The van der Waals surface area contributed by atoms with Gasteiger partial charge in [0.15, 0.2) is 0 Å². The molecule has 1 saturated carbocycles. The largest absolute Gasteiger partial charge is 0.308 e. The van der Waals surface area contributed by atoms with Crippen LogP contribution in [0, 0.1) is 5.92 Å². The van der Waals surface area contributed by atoms with Crippen LogP contribution in [0.4, 0.5) is 0 Å². The highest BCUT2D eigenvalue weighted by atomic mass is 32.1. The van der Waals surface area contributed by atoms with Gasteiger partial charge in [0.2, 0.25) is 0 Å². The van der Waals surface area contributed by atoms with E-state index in [-0.39, 0.29) is 0 Å². The van der Waals surface area contributed by atoms with Crippen molar-refractivity contribution in [1.29, 1.82) is 0 Å². The van der Waals surface area contributed by atoms with Crippen LogP contribution in [0.25, 0.3) is 0 Å². The average Bonchev–Trinajstić information content (AvgIpc) is 3.20. The van der Waals surface area contributed by atoms with Gasteiger partial charge in [-0.1, -0.05) is 0 Å². The molecule has 3 unspecified atom stereocenters. The molecule has 1 aromatic heterocycles. The van der Waals surface area contributed by atoms with Crippen molar-refractivity contribution < 1.29 is 0 Å². The van der Waals surface area contributed by atoms with Crippen molar-refractivity contribution in [3.63, 3.8) is 0 Å². The molecule has 1 aliphatic heterocycles. The smallest absolute Gasteiger partial charge is 0.0363 e. The maximum absolute atomic E-state index is 3.85. The van der Waals surface area contributed by atoms with E-state index in [1.807, 2.05) is 11.3 Å². The van der Waals surface area contributed by atoms with Crippen LogP contribution < -0.4 is 5.32 Å². The Labute approximate surface area is 126 Å². The van der Waals surface area contributed by atoms with Crippen molar-refractivity contribution >= 4 is 11.3 Å². The Morgan fingerprint density at radius 1 is 1.35 bits per heavy atom. The lowest BCUT2D eigenvalue weighted by Gasteiger charge is -2.49. The van der Waals surface area contributed by atoms with E-state index in [9.17, 15) is 0 Å². The number of rotatable bonds is 2. The molecule has 4 rings (SSSR count). The van der Waals surface area contributed by atoms with Crippen LogP contribution in [0.2, 0.25) is 0 Å².